The van der Waals surface area contributed by atoms with Crippen molar-refractivity contribution in [3.63, 3.8) is 0 Å². The second-order valence-electron chi connectivity index (χ2n) is 5.86. The summed E-state index contributed by atoms with van der Waals surface area (Å²) in [4.78, 5) is 16.3. The third kappa shape index (κ3) is 3.96. The molecule has 0 aliphatic carbocycles. The summed E-state index contributed by atoms with van der Waals surface area (Å²) in [6.45, 7) is 5.00. The Bertz CT molecular complexity index is 495. The van der Waals surface area contributed by atoms with Crippen LogP contribution in [0.5, 0.6) is 0 Å². The lowest BCUT2D eigenvalue weighted by molar-refractivity contribution is 0.0572. The Balaban J connectivity index is 1.44. The molecular formula is C16H22FN3O2. The highest BCUT2D eigenvalue weighted by molar-refractivity contribution is 5.89. The number of hydrogen-bond acceptors (Lipinski definition) is 3. The lowest BCUT2D eigenvalue weighted by atomic mass is 10.2. The summed E-state index contributed by atoms with van der Waals surface area (Å²) in [6, 6.07) is 5.70. The van der Waals surface area contributed by atoms with E-state index in [-0.39, 0.29) is 11.8 Å². The standard InChI is InChI=1S/C16H22FN3O2/c17-13-3-5-14(6-4-13)18-16(21)20-9-7-19(8-10-20)12-15-2-1-11-22-15/h3-6,15H,1-2,7-12H2,(H,18,21). The highest BCUT2D eigenvalue weighted by Crippen LogP contribution is 2.15. The quantitative estimate of drug-likeness (QED) is 0.930. The predicted octanol–water partition coefficient (Wildman–Crippen LogP) is 2.15. The van der Waals surface area contributed by atoms with Gasteiger partial charge in [-0.25, -0.2) is 9.18 Å². The van der Waals surface area contributed by atoms with Crippen molar-refractivity contribution in [1.82, 2.24) is 9.80 Å². The van der Waals surface area contributed by atoms with E-state index in [1.165, 1.54) is 12.1 Å². The molecule has 0 radical (unpaired) electrons. The molecule has 2 amide bonds. The van der Waals surface area contributed by atoms with Crippen LogP contribution < -0.4 is 5.32 Å². The summed E-state index contributed by atoms with van der Waals surface area (Å²) >= 11 is 0. The van der Waals surface area contributed by atoms with Gasteiger partial charge in [-0.05, 0) is 37.1 Å². The normalized spacial score (nSPS) is 22.8. The number of urea groups is 1. The number of rotatable bonds is 3. The van der Waals surface area contributed by atoms with Crippen LogP contribution in [0, 0.1) is 5.82 Å². The second-order valence-corrected chi connectivity index (χ2v) is 5.86. The van der Waals surface area contributed by atoms with E-state index < -0.39 is 0 Å². The topological polar surface area (TPSA) is 44.8 Å². The number of benzene rings is 1. The summed E-state index contributed by atoms with van der Waals surface area (Å²) in [5.74, 6) is -0.305. The third-order valence-electron chi connectivity index (χ3n) is 4.24. The first-order valence-electron chi connectivity index (χ1n) is 7.86. The number of carbonyl (C=O) groups is 1. The monoisotopic (exact) mass is 307 g/mol. The van der Waals surface area contributed by atoms with Crippen LogP contribution in [0.15, 0.2) is 24.3 Å². The van der Waals surface area contributed by atoms with E-state index in [0.717, 1.165) is 39.1 Å². The number of carbonyl (C=O) groups excluding carboxylic acids is 1. The van der Waals surface area contributed by atoms with Gasteiger partial charge >= 0.3 is 6.03 Å². The van der Waals surface area contributed by atoms with Crippen molar-refractivity contribution >= 4 is 11.7 Å². The minimum absolute atomic E-state index is 0.122. The van der Waals surface area contributed by atoms with Gasteiger partial charge in [-0.1, -0.05) is 0 Å². The van der Waals surface area contributed by atoms with Crippen LogP contribution in [0.2, 0.25) is 0 Å². The Labute approximate surface area is 130 Å². The van der Waals surface area contributed by atoms with Crippen molar-refractivity contribution in [2.75, 3.05) is 44.6 Å². The maximum absolute atomic E-state index is 12.8. The molecule has 2 aliphatic heterocycles. The Hall–Kier alpha value is -1.66. The third-order valence-corrected chi connectivity index (χ3v) is 4.24. The maximum Gasteiger partial charge on any atom is 0.321 e. The highest BCUT2D eigenvalue weighted by Gasteiger charge is 2.24. The Morgan fingerprint density at radius 2 is 1.95 bits per heavy atom. The SMILES string of the molecule is O=C(Nc1ccc(F)cc1)N1CCN(CC2CCCO2)CC1. The first-order chi connectivity index (χ1) is 10.7. The number of amides is 2. The number of anilines is 1. The van der Waals surface area contributed by atoms with E-state index in [9.17, 15) is 9.18 Å². The smallest absolute Gasteiger partial charge is 0.321 e. The molecular weight excluding hydrogens is 285 g/mol. The number of ether oxygens (including phenoxy) is 1. The molecule has 0 spiro atoms. The molecule has 1 N–H and O–H groups in total. The largest absolute Gasteiger partial charge is 0.377 e. The van der Waals surface area contributed by atoms with Gasteiger partial charge in [-0.2, -0.15) is 0 Å². The fourth-order valence-corrected chi connectivity index (χ4v) is 2.95. The van der Waals surface area contributed by atoms with Crippen LogP contribution in [0.25, 0.3) is 0 Å². The summed E-state index contributed by atoms with van der Waals surface area (Å²) in [5, 5.41) is 2.80. The molecule has 2 fully saturated rings. The van der Waals surface area contributed by atoms with E-state index in [2.05, 4.69) is 10.2 Å². The van der Waals surface area contributed by atoms with Crippen molar-refractivity contribution in [2.45, 2.75) is 18.9 Å². The summed E-state index contributed by atoms with van der Waals surface area (Å²) in [6.07, 6.45) is 2.66. The molecule has 2 saturated heterocycles. The molecule has 5 nitrogen and oxygen atoms in total. The molecule has 120 valence electrons. The van der Waals surface area contributed by atoms with Crippen molar-refractivity contribution in [3.05, 3.63) is 30.1 Å². The van der Waals surface area contributed by atoms with Gasteiger partial charge in [0.15, 0.2) is 0 Å². The highest BCUT2D eigenvalue weighted by atomic mass is 19.1. The summed E-state index contributed by atoms with van der Waals surface area (Å²) in [7, 11) is 0. The van der Waals surface area contributed by atoms with Crippen molar-refractivity contribution in [1.29, 1.82) is 0 Å². The molecule has 1 unspecified atom stereocenters. The van der Waals surface area contributed by atoms with E-state index in [1.54, 1.807) is 17.0 Å². The average molecular weight is 307 g/mol. The van der Waals surface area contributed by atoms with Crippen LogP contribution in [0.1, 0.15) is 12.8 Å². The number of nitrogens with zero attached hydrogens (tertiary/aromatic N) is 2. The Morgan fingerprint density at radius 1 is 1.23 bits per heavy atom. The zero-order valence-electron chi connectivity index (χ0n) is 12.6. The minimum atomic E-state index is -0.305. The number of piperazine rings is 1. The van der Waals surface area contributed by atoms with Gasteiger partial charge in [0.05, 0.1) is 6.10 Å². The van der Waals surface area contributed by atoms with E-state index in [4.69, 9.17) is 4.74 Å². The molecule has 1 aromatic carbocycles. The summed E-state index contributed by atoms with van der Waals surface area (Å²) in [5.41, 5.74) is 0.619. The van der Waals surface area contributed by atoms with Gasteiger partial charge in [-0.3, -0.25) is 4.90 Å². The molecule has 22 heavy (non-hydrogen) atoms. The Morgan fingerprint density at radius 3 is 2.59 bits per heavy atom. The van der Waals surface area contributed by atoms with Gasteiger partial charge in [-0.15, -0.1) is 0 Å². The van der Waals surface area contributed by atoms with E-state index in [1.807, 2.05) is 0 Å². The van der Waals surface area contributed by atoms with Gasteiger partial charge in [0, 0.05) is 45.0 Å². The van der Waals surface area contributed by atoms with E-state index in [0.29, 0.717) is 24.9 Å². The van der Waals surface area contributed by atoms with Crippen molar-refractivity contribution in [2.24, 2.45) is 0 Å². The number of hydrogen-bond donors (Lipinski definition) is 1. The van der Waals surface area contributed by atoms with Crippen LogP contribution >= 0.6 is 0 Å². The lowest BCUT2D eigenvalue weighted by Crippen LogP contribution is -2.51. The minimum Gasteiger partial charge on any atom is -0.377 e. The first-order valence-corrected chi connectivity index (χ1v) is 7.86. The predicted molar refractivity (Wildman–Crippen MR) is 82.4 cm³/mol. The van der Waals surface area contributed by atoms with Crippen molar-refractivity contribution < 1.29 is 13.9 Å². The van der Waals surface area contributed by atoms with Gasteiger partial charge in [0.2, 0.25) is 0 Å². The molecule has 0 aromatic heterocycles. The maximum atomic E-state index is 12.8. The van der Waals surface area contributed by atoms with E-state index >= 15 is 0 Å². The van der Waals surface area contributed by atoms with Gasteiger partial charge in [0.1, 0.15) is 5.82 Å². The fourth-order valence-electron chi connectivity index (χ4n) is 2.95. The molecule has 2 aliphatic rings. The van der Waals surface area contributed by atoms with Crippen LogP contribution in [0.4, 0.5) is 14.9 Å². The molecule has 1 atom stereocenters. The molecule has 0 bridgehead atoms. The van der Waals surface area contributed by atoms with Gasteiger partial charge < -0.3 is 15.0 Å². The zero-order chi connectivity index (χ0) is 15.4. The van der Waals surface area contributed by atoms with Gasteiger partial charge in [0.25, 0.3) is 0 Å². The molecule has 3 rings (SSSR count). The fraction of sp³-hybridized carbons (Fsp3) is 0.562. The zero-order valence-corrected chi connectivity index (χ0v) is 12.6. The number of halogens is 1. The molecule has 1 aromatic rings. The first kappa shape index (κ1) is 15.2. The van der Waals surface area contributed by atoms with Crippen LogP contribution in [-0.2, 0) is 4.74 Å². The molecule has 0 saturated carbocycles. The molecule has 6 heteroatoms. The average Bonchev–Trinajstić information content (AvgIpc) is 3.03. The second kappa shape index (κ2) is 7.07. The molecule has 2 heterocycles. The summed E-state index contributed by atoms with van der Waals surface area (Å²) < 4.78 is 18.5. The number of nitrogens with one attached hydrogen (secondary N) is 1. The van der Waals surface area contributed by atoms with Crippen LogP contribution in [-0.4, -0.2) is 61.3 Å². The Kier molecular flexibility index (Phi) is 4.90. The van der Waals surface area contributed by atoms with Crippen molar-refractivity contribution in [3.8, 4) is 0 Å². The van der Waals surface area contributed by atoms with Crippen LogP contribution in [0.3, 0.4) is 0 Å². The lowest BCUT2D eigenvalue weighted by Gasteiger charge is -2.35.